The number of rotatable bonds is 8. The highest BCUT2D eigenvalue weighted by Gasteiger charge is 2.18. The van der Waals surface area contributed by atoms with Crippen molar-refractivity contribution in [2.24, 2.45) is 0 Å². The first-order valence-electron chi connectivity index (χ1n) is 7.69. The Morgan fingerprint density at radius 3 is 2.61 bits per heavy atom. The van der Waals surface area contributed by atoms with Gasteiger partial charge in [-0.2, -0.15) is 11.3 Å². The molecule has 23 heavy (non-hydrogen) atoms. The lowest BCUT2D eigenvalue weighted by atomic mass is 10.1. The lowest BCUT2D eigenvalue weighted by Gasteiger charge is -2.24. The fraction of sp³-hybridized carbons (Fsp3) is 0.389. The molecule has 0 saturated heterocycles. The van der Waals surface area contributed by atoms with Crippen molar-refractivity contribution in [3.05, 3.63) is 58.3 Å². The predicted molar refractivity (Wildman–Crippen MR) is 101 cm³/mol. The number of carbonyl (C=O) groups is 1. The molecule has 2 aromatic rings. The Morgan fingerprint density at radius 1 is 1.26 bits per heavy atom. The summed E-state index contributed by atoms with van der Waals surface area (Å²) in [5.74, 6) is 0.963. The van der Waals surface area contributed by atoms with E-state index in [4.69, 9.17) is 0 Å². The van der Waals surface area contributed by atoms with Gasteiger partial charge >= 0.3 is 0 Å². The highest BCUT2D eigenvalue weighted by Crippen LogP contribution is 2.21. The second-order valence-electron chi connectivity index (χ2n) is 5.72. The molecule has 2 atom stereocenters. The Balaban J connectivity index is 1.81. The molecule has 5 heteroatoms. The molecular weight excluding hydrogens is 324 g/mol. The van der Waals surface area contributed by atoms with Crippen molar-refractivity contribution >= 4 is 29.0 Å². The van der Waals surface area contributed by atoms with E-state index in [2.05, 4.69) is 39.2 Å². The van der Waals surface area contributed by atoms with Gasteiger partial charge in [0.25, 0.3) is 0 Å². The first-order valence-corrected chi connectivity index (χ1v) is 9.69. The molecule has 0 radical (unpaired) electrons. The van der Waals surface area contributed by atoms with Gasteiger partial charge in [-0.15, -0.1) is 11.8 Å². The average molecular weight is 349 g/mol. The van der Waals surface area contributed by atoms with E-state index in [-0.39, 0.29) is 17.2 Å². The second-order valence-corrected chi connectivity index (χ2v) is 7.83. The number of likely N-dealkylation sites (N-methyl/N-ethyl adjacent to an activating group) is 1. The van der Waals surface area contributed by atoms with Crippen LogP contribution in [-0.4, -0.2) is 36.7 Å². The van der Waals surface area contributed by atoms with Crippen LogP contribution in [0.4, 0.5) is 0 Å². The summed E-state index contributed by atoms with van der Waals surface area (Å²) in [6.45, 7) is 2.61. The van der Waals surface area contributed by atoms with Gasteiger partial charge in [0.15, 0.2) is 0 Å². The lowest BCUT2D eigenvalue weighted by Crippen LogP contribution is -2.37. The number of carbonyl (C=O) groups excluding carboxylic acids is 1. The molecule has 2 rings (SSSR count). The molecule has 0 aliphatic rings. The van der Waals surface area contributed by atoms with Crippen molar-refractivity contribution in [2.75, 3.05) is 20.6 Å². The van der Waals surface area contributed by atoms with E-state index in [1.807, 2.05) is 39.2 Å². The van der Waals surface area contributed by atoms with Crippen molar-refractivity contribution in [2.45, 2.75) is 24.0 Å². The summed E-state index contributed by atoms with van der Waals surface area (Å²) < 4.78 is 0. The SMILES string of the molecule is CC(SCc1ccccc1)C(=O)NCC(c1ccsc1)N(C)C. The van der Waals surface area contributed by atoms with E-state index in [9.17, 15) is 4.79 Å². The molecule has 0 aliphatic heterocycles. The molecule has 0 spiro atoms. The molecule has 1 aromatic heterocycles. The third-order valence-electron chi connectivity index (χ3n) is 3.73. The first-order chi connectivity index (χ1) is 11.1. The quantitative estimate of drug-likeness (QED) is 0.788. The molecule has 1 N–H and O–H groups in total. The first kappa shape index (κ1) is 18.0. The zero-order chi connectivity index (χ0) is 16.7. The smallest absolute Gasteiger partial charge is 0.232 e. The molecule has 124 valence electrons. The summed E-state index contributed by atoms with van der Waals surface area (Å²) in [7, 11) is 4.09. The maximum atomic E-state index is 12.3. The standard InChI is InChI=1S/C18H24N2OS2/c1-14(23-12-15-7-5-4-6-8-15)18(21)19-11-17(20(2)3)16-9-10-22-13-16/h4-10,13-14,17H,11-12H2,1-3H3,(H,19,21). The number of thiophene rings is 1. The van der Waals surface area contributed by atoms with Crippen LogP contribution in [0.1, 0.15) is 24.1 Å². The van der Waals surface area contributed by atoms with E-state index >= 15 is 0 Å². The molecule has 1 aromatic carbocycles. The zero-order valence-corrected chi connectivity index (χ0v) is 15.5. The number of benzene rings is 1. The van der Waals surface area contributed by atoms with Crippen LogP contribution in [0.3, 0.4) is 0 Å². The normalized spacial score (nSPS) is 13.7. The Hall–Kier alpha value is -1.30. The number of hydrogen-bond donors (Lipinski definition) is 1. The van der Waals surface area contributed by atoms with Crippen molar-refractivity contribution in [1.82, 2.24) is 10.2 Å². The largest absolute Gasteiger partial charge is 0.353 e. The molecule has 1 amide bonds. The monoisotopic (exact) mass is 348 g/mol. The molecule has 0 saturated carbocycles. The third-order valence-corrected chi connectivity index (χ3v) is 5.65. The van der Waals surface area contributed by atoms with Gasteiger partial charge in [-0.1, -0.05) is 30.3 Å². The van der Waals surface area contributed by atoms with Crippen LogP contribution in [-0.2, 0) is 10.5 Å². The minimum absolute atomic E-state index is 0.0551. The van der Waals surface area contributed by atoms with E-state index in [0.717, 1.165) is 5.75 Å². The third kappa shape index (κ3) is 5.68. The average Bonchev–Trinajstić information content (AvgIpc) is 3.07. The molecule has 0 aliphatic carbocycles. The summed E-state index contributed by atoms with van der Waals surface area (Å²) in [5.41, 5.74) is 2.51. The summed E-state index contributed by atoms with van der Waals surface area (Å²) in [5, 5.41) is 7.26. The maximum absolute atomic E-state index is 12.3. The topological polar surface area (TPSA) is 32.3 Å². The van der Waals surface area contributed by atoms with Crippen molar-refractivity contribution < 1.29 is 4.79 Å². The van der Waals surface area contributed by atoms with Crippen LogP contribution in [0.5, 0.6) is 0 Å². The van der Waals surface area contributed by atoms with Crippen LogP contribution in [0, 0.1) is 0 Å². The van der Waals surface area contributed by atoms with Crippen molar-refractivity contribution in [3.63, 3.8) is 0 Å². The Morgan fingerprint density at radius 2 is 2.00 bits per heavy atom. The predicted octanol–water partition coefficient (Wildman–Crippen LogP) is 3.79. The minimum Gasteiger partial charge on any atom is -0.353 e. The summed E-state index contributed by atoms with van der Waals surface area (Å²) in [6, 6.07) is 12.6. The highest BCUT2D eigenvalue weighted by atomic mass is 32.2. The summed E-state index contributed by atoms with van der Waals surface area (Å²) >= 11 is 3.36. The lowest BCUT2D eigenvalue weighted by molar-refractivity contribution is -0.120. The van der Waals surface area contributed by atoms with Gasteiger partial charge in [-0.25, -0.2) is 0 Å². The van der Waals surface area contributed by atoms with Crippen LogP contribution >= 0.6 is 23.1 Å². The number of nitrogens with one attached hydrogen (secondary N) is 1. The van der Waals surface area contributed by atoms with Crippen LogP contribution in [0.2, 0.25) is 0 Å². The van der Waals surface area contributed by atoms with Crippen LogP contribution < -0.4 is 5.32 Å². The van der Waals surface area contributed by atoms with Crippen molar-refractivity contribution in [3.8, 4) is 0 Å². The van der Waals surface area contributed by atoms with Gasteiger partial charge in [0.1, 0.15) is 0 Å². The molecule has 1 heterocycles. The van der Waals surface area contributed by atoms with Gasteiger partial charge in [-0.05, 0) is 49.0 Å². The minimum atomic E-state index is -0.0551. The van der Waals surface area contributed by atoms with Crippen LogP contribution in [0.15, 0.2) is 47.2 Å². The molecule has 2 unspecified atom stereocenters. The van der Waals surface area contributed by atoms with Gasteiger partial charge in [0.2, 0.25) is 5.91 Å². The molecule has 0 bridgehead atoms. The highest BCUT2D eigenvalue weighted by molar-refractivity contribution is 7.99. The van der Waals surface area contributed by atoms with Gasteiger partial charge in [0.05, 0.1) is 11.3 Å². The number of amides is 1. The Kier molecular flexibility index (Phi) is 7.15. The van der Waals surface area contributed by atoms with Crippen molar-refractivity contribution in [1.29, 1.82) is 0 Å². The second kappa shape index (κ2) is 9.11. The van der Waals surface area contributed by atoms with E-state index in [1.165, 1.54) is 11.1 Å². The van der Waals surface area contributed by atoms with Gasteiger partial charge in [0, 0.05) is 12.3 Å². The summed E-state index contributed by atoms with van der Waals surface area (Å²) in [4.78, 5) is 14.5. The Labute approximate surface area is 147 Å². The maximum Gasteiger partial charge on any atom is 0.232 e. The summed E-state index contributed by atoms with van der Waals surface area (Å²) in [6.07, 6.45) is 0. The number of nitrogens with zero attached hydrogens (tertiary/aromatic N) is 1. The number of thioether (sulfide) groups is 1. The van der Waals surface area contributed by atoms with Gasteiger partial charge < -0.3 is 10.2 Å². The van der Waals surface area contributed by atoms with E-state index < -0.39 is 0 Å². The Bertz CT molecular complexity index is 584. The van der Waals surface area contributed by atoms with Crippen LogP contribution in [0.25, 0.3) is 0 Å². The van der Waals surface area contributed by atoms with Gasteiger partial charge in [-0.3, -0.25) is 4.79 Å². The molecule has 0 fully saturated rings. The van der Waals surface area contributed by atoms with E-state index in [0.29, 0.717) is 6.54 Å². The number of hydrogen-bond acceptors (Lipinski definition) is 4. The zero-order valence-electron chi connectivity index (χ0n) is 13.9. The molecular formula is C18H24N2OS2. The fourth-order valence-corrected chi connectivity index (χ4v) is 3.85. The fourth-order valence-electron chi connectivity index (χ4n) is 2.28. The molecule has 3 nitrogen and oxygen atoms in total. The van der Waals surface area contributed by atoms with E-state index in [1.54, 1.807) is 23.1 Å².